The standard InChI is InChI=1S/C20H17BFN3O4/c22-15-2-4-16(5-3-15)25-12-23-18-10-24(8-7-19(18)25)20(27)13-1-6-17(21(28)29)14(9-13)11-26/h1-6,9,11-12,28-29H,7-8,10H2. The molecule has 7 nitrogen and oxygen atoms in total. The molecule has 2 heterocycles. The zero-order chi connectivity index (χ0) is 20.5. The molecule has 146 valence electrons. The van der Waals surface area contributed by atoms with Crippen molar-refractivity contribution in [2.24, 2.45) is 0 Å². The van der Waals surface area contributed by atoms with Gasteiger partial charge in [0.2, 0.25) is 0 Å². The van der Waals surface area contributed by atoms with Crippen LogP contribution in [-0.2, 0) is 13.0 Å². The van der Waals surface area contributed by atoms with Crippen molar-refractivity contribution in [3.8, 4) is 5.69 Å². The van der Waals surface area contributed by atoms with Crippen molar-refractivity contribution in [3.63, 3.8) is 0 Å². The van der Waals surface area contributed by atoms with Gasteiger partial charge in [-0.3, -0.25) is 9.59 Å². The van der Waals surface area contributed by atoms with Gasteiger partial charge in [-0.25, -0.2) is 9.37 Å². The number of hydrogen-bond acceptors (Lipinski definition) is 5. The normalized spacial score (nSPS) is 13.1. The summed E-state index contributed by atoms with van der Waals surface area (Å²) in [6.45, 7) is 0.767. The maximum atomic E-state index is 13.2. The maximum Gasteiger partial charge on any atom is 0.489 e. The Kier molecular flexibility index (Phi) is 5.00. The minimum Gasteiger partial charge on any atom is -0.423 e. The van der Waals surface area contributed by atoms with Crippen LogP contribution in [-0.4, -0.2) is 50.4 Å². The number of benzene rings is 2. The first-order valence-corrected chi connectivity index (χ1v) is 9.03. The van der Waals surface area contributed by atoms with Crippen LogP contribution < -0.4 is 5.46 Å². The lowest BCUT2D eigenvalue weighted by Crippen LogP contribution is -2.37. The highest BCUT2D eigenvalue weighted by Crippen LogP contribution is 2.23. The lowest BCUT2D eigenvalue weighted by atomic mass is 9.76. The minimum atomic E-state index is -1.78. The molecule has 3 aromatic rings. The first-order valence-electron chi connectivity index (χ1n) is 9.03. The minimum absolute atomic E-state index is 0.0514. The fourth-order valence-electron chi connectivity index (χ4n) is 3.53. The van der Waals surface area contributed by atoms with Gasteiger partial charge in [-0.1, -0.05) is 6.07 Å². The molecule has 0 spiro atoms. The van der Waals surface area contributed by atoms with E-state index in [2.05, 4.69) is 4.98 Å². The number of imidazole rings is 1. The summed E-state index contributed by atoms with van der Waals surface area (Å²) < 4.78 is 15.1. The Morgan fingerprint density at radius 1 is 1.17 bits per heavy atom. The highest BCUT2D eigenvalue weighted by Gasteiger charge is 2.26. The Morgan fingerprint density at radius 2 is 1.93 bits per heavy atom. The lowest BCUT2D eigenvalue weighted by molar-refractivity contribution is 0.0731. The third-order valence-electron chi connectivity index (χ3n) is 5.04. The van der Waals surface area contributed by atoms with Gasteiger partial charge in [-0.2, -0.15) is 0 Å². The van der Waals surface area contributed by atoms with E-state index in [0.717, 1.165) is 17.1 Å². The summed E-state index contributed by atoms with van der Waals surface area (Å²) in [5.74, 6) is -0.581. The molecule has 1 aliphatic heterocycles. The summed E-state index contributed by atoms with van der Waals surface area (Å²) >= 11 is 0. The summed E-state index contributed by atoms with van der Waals surface area (Å²) in [6.07, 6.45) is 2.73. The average Bonchev–Trinajstić information content (AvgIpc) is 3.16. The fraction of sp³-hybridized carbons (Fsp3) is 0.150. The van der Waals surface area contributed by atoms with E-state index in [1.54, 1.807) is 23.4 Å². The molecule has 0 radical (unpaired) electrons. The van der Waals surface area contributed by atoms with Crippen LogP contribution in [0, 0.1) is 5.82 Å². The second kappa shape index (κ2) is 7.61. The van der Waals surface area contributed by atoms with Crippen LogP contribution in [0.15, 0.2) is 48.8 Å². The molecule has 0 fully saturated rings. The number of amides is 1. The number of carbonyl (C=O) groups excluding carboxylic acids is 2. The van der Waals surface area contributed by atoms with Crippen molar-refractivity contribution in [1.82, 2.24) is 14.5 Å². The largest absolute Gasteiger partial charge is 0.489 e. The summed E-state index contributed by atoms with van der Waals surface area (Å²) in [6, 6.07) is 10.3. The van der Waals surface area contributed by atoms with Gasteiger partial charge in [0.05, 0.1) is 18.6 Å². The van der Waals surface area contributed by atoms with E-state index in [4.69, 9.17) is 0 Å². The van der Waals surface area contributed by atoms with Gasteiger partial charge in [0.15, 0.2) is 0 Å². The molecule has 0 saturated heterocycles. The van der Waals surface area contributed by atoms with Crippen molar-refractivity contribution in [2.45, 2.75) is 13.0 Å². The highest BCUT2D eigenvalue weighted by molar-refractivity contribution is 6.60. The molecule has 0 atom stereocenters. The quantitative estimate of drug-likeness (QED) is 0.503. The van der Waals surface area contributed by atoms with Crippen molar-refractivity contribution in [3.05, 3.63) is 77.1 Å². The van der Waals surface area contributed by atoms with Gasteiger partial charge in [-0.15, -0.1) is 0 Å². The molecule has 1 amide bonds. The van der Waals surface area contributed by atoms with E-state index in [1.165, 1.54) is 30.3 Å². The third kappa shape index (κ3) is 3.57. The van der Waals surface area contributed by atoms with E-state index in [9.17, 15) is 24.0 Å². The predicted octanol–water partition coefficient (Wildman–Crippen LogP) is 0.702. The van der Waals surface area contributed by atoms with E-state index in [1.807, 2.05) is 4.57 Å². The number of rotatable bonds is 4. The molecule has 0 saturated carbocycles. The molecular weight excluding hydrogens is 376 g/mol. The number of fused-ring (bicyclic) bond motifs is 1. The molecule has 29 heavy (non-hydrogen) atoms. The third-order valence-corrected chi connectivity index (χ3v) is 5.04. The zero-order valence-electron chi connectivity index (χ0n) is 15.3. The Hall–Kier alpha value is -3.30. The van der Waals surface area contributed by atoms with E-state index < -0.39 is 7.12 Å². The van der Waals surface area contributed by atoms with Crippen LogP contribution in [0.25, 0.3) is 5.69 Å². The Balaban J connectivity index is 1.57. The summed E-state index contributed by atoms with van der Waals surface area (Å²) in [7, 11) is -1.78. The second-order valence-corrected chi connectivity index (χ2v) is 6.80. The first kappa shape index (κ1) is 19.0. The van der Waals surface area contributed by atoms with Crippen molar-refractivity contribution in [1.29, 1.82) is 0 Å². The number of nitrogens with zero attached hydrogens (tertiary/aromatic N) is 3. The topological polar surface area (TPSA) is 95.7 Å². The molecule has 0 aliphatic carbocycles. The maximum absolute atomic E-state index is 13.2. The van der Waals surface area contributed by atoms with Crippen molar-refractivity contribution >= 4 is 24.8 Å². The number of carbonyl (C=O) groups is 2. The van der Waals surface area contributed by atoms with E-state index in [0.29, 0.717) is 25.8 Å². The molecule has 2 N–H and O–H groups in total. The van der Waals surface area contributed by atoms with Crippen molar-refractivity contribution < 1.29 is 24.0 Å². The highest BCUT2D eigenvalue weighted by atomic mass is 19.1. The summed E-state index contributed by atoms with van der Waals surface area (Å²) in [5.41, 5.74) is 2.92. The van der Waals surface area contributed by atoms with Gasteiger partial charge < -0.3 is 19.5 Å². The lowest BCUT2D eigenvalue weighted by Gasteiger charge is -2.27. The molecule has 1 aromatic heterocycles. The molecular formula is C20H17BFN3O4. The predicted molar refractivity (Wildman–Crippen MR) is 104 cm³/mol. The fourth-order valence-corrected chi connectivity index (χ4v) is 3.53. The number of aromatic nitrogens is 2. The average molecular weight is 393 g/mol. The summed E-state index contributed by atoms with van der Waals surface area (Å²) in [4.78, 5) is 30.1. The smallest absolute Gasteiger partial charge is 0.423 e. The molecule has 4 rings (SSSR count). The molecule has 1 aliphatic rings. The first-order chi connectivity index (χ1) is 14.0. The van der Waals surface area contributed by atoms with E-state index in [-0.39, 0.29) is 28.3 Å². The van der Waals surface area contributed by atoms with Gasteiger partial charge in [0, 0.05) is 35.5 Å². The SMILES string of the molecule is O=Cc1cc(C(=O)N2CCc3c(ncn3-c3ccc(F)cc3)C2)ccc1B(O)O. The number of aldehydes is 1. The van der Waals surface area contributed by atoms with Gasteiger partial charge >= 0.3 is 7.12 Å². The monoisotopic (exact) mass is 393 g/mol. The Labute approximate surface area is 166 Å². The van der Waals surface area contributed by atoms with Crippen LogP contribution >= 0.6 is 0 Å². The van der Waals surface area contributed by atoms with Gasteiger partial charge in [0.1, 0.15) is 12.1 Å². The Morgan fingerprint density at radius 3 is 2.62 bits per heavy atom. The molecule has 0 unspecified atom stereocenters. The van der Waals surface area contributed by atoms with Crippen molar-refractivity contribution in [2.75, 3.05) is 6.54 Å². The molecule has 0 bridgehead atoms. The van der Waals surface area contributed by atoms with Gasteiger partial charge in [0.25, 0.3) is 5.91 Å². The summed E-state index contributed by atoms with van der Waals surface area (Å²) in [5, 5.41) is 18.6. The van der Waals surface area contributed by atoms with E-state index >= 15 is 0 Å². The van der Waals surface area contributed by atoms with Crippen LogP contribution in [0.2, 0.25) is 0 Å². The van der Waals surface area contributed by atoms with Crippen LogP contribution in [0.1, 0.15) is 32.1 Å². The number of hydrogen-bond donors (Lipinski definition) is 2. The number of halogens is 1. The van der Waals surface area contributed by atoms with Crippen LogP contribution in [0.3, 0.4) is 0 Å². The zero-order valence-corrected chi connectivity index (χ0v) is 15.3. The molecule has 9 heteroatoms. The van der Waals surface area contributed by atoms with Crippen LogP contribution in [0.5, 0.6) is 0 Å². The Bertz CT molecular complexity index is 1080. The van der Waals surface area contributed by atoms with Crippen LogP contribution in [0.4, 0.5) is 4.39 Å². The molecule has 2 aromatic carbocycles. The van der Waals surface area contributed by atoms with Gasteiger partial charge in [-0.05, 0) is 41.9 Å². The second-order valence-electron chi connectivity index (χ2n) is 6.80.